The van der Waals surface area contributed by atoms with Crippen molar-refractivity contribution in [3.8, 4) is 0 Å². The van der Waals surface area contributed by atoms with Crippen molar-refractivity contribution in [2.75, 3.05) is 0 Å². The number of halogens is 1. The zero-order valence-corrected chi connectivity index (χ0v) is 12.4. The van der Waals surface area contributed by atoms with Gasteiger partial charge in [0.1, 0.15) is 12.1 Å². The first-order valence-corrected chi connectivity index (χ1v) is 7.03. The summed E-state index contributed by atoms with van der Waals surface area (Å²) in [4.78, 5) is 11.3. The van der Waals surface area contributed by atoms with Crippen LogP contribution in [0.2, 0.25) is 0 Å². The van der Waals surface area contributed by atoms with Crippen molar-refractivity contribution in [3.05, 3.63) is 58.4 Å². The number of allylic oxidation sites excluding steroid dienone is 4. The first-order valence-electron chi connectivity index (χ1n) is 7.03. The highest BCUT2D eigenvalue weighted by Gasteiger charge is 2.28. The fourth-order valence-electron chi connectivity index (χ4n) is 2.63. The van der Waals surface area contributed by atoms with E-state index in [9.17, 15) is 9.18 Å². The summed E-state index contributed by atoms with van der Waals surface area (Å²) in [6.07, 6.45) is 5.64. The quantitative estimate of drug-likeness (QED) is 0.577. The molecule has 1 aliphatic carbocycles. The molecule has 0 spiro atoms. The van der Waals surface area contributed by atoms with Crippen molar-refractivity contribution in [1.82, 2.24) is 0 Å². The number of carbonyl (C=O) groups excluding carboxylic acids is 1. The average Bonchev–Trinajstić information content (AvgIpc) is 2.67. The molecule has 0 saturated heterocycles. The SMILES string of the molecule is CC1=C(/C=C(\C=O)Cc2ccc(F)cc2)CCC1(C)C. The van der Waals surface area contributed by atoms with E-state index in [1.807, 2.05) is 6.08 Å². The third kappa shape index (κ3) is 3.24. The van der Waals surface area contributed by atoms with Crippen molar-refractivity contribution >= 4 is 6.29 Å². The number of carbonyl (C=O) groups is 1. The second-order valence-corrected chi connectivity index (χ2v) is 6.17. The number of aldehydes is 1. The Morgan fingerprint density at radius 2 is 1.95 bits per heavy atom. The predicted octanol–water partition coefficient (Wildman–Crippen LogP) is 4.63. The van der Waals surface area contributed by atoms with E-state index in [0.29, 0.717) is 6.42 Å². The molecule has 1 aromatic rings. The summed E-state index contributed by atoms with van der Waals surface area (Å²) in [6.45, 7) is 6.63. The Bertz CT molecular complexity index is 562. The summed E-state index contributed by atoms with van der Waals surface area (Å²) in [5.41, 5.74) is 4.59. The van der Waals surface area contributed by atoms with Gasteiger partial charge in [-0.25, -0.2) is 4.39 Å². The molecule has 1 aliphatic rings. The average molecular weight is 272 g/mol. The highest BCUT2D eigenvalue weighted by molar-refractivity contribution is 5.75. The van der Waals surface area contributed by atoms with Gasteiger partial charge in [-0.2, -0.15) is 0 Å². The molecule has 1 aromatic carbocycles. The lowest BCUT2D eigenvalue weighted by atomic mass is 9.86. The predicted molar refractivity (Wildman–Crippen MR) is 80.0 cm³/mol. The molecule has 20 heavy (non-hydrogen) atoms. The summed E-state index contributed by atoms with van der Waals surface area (Å²) < 4.78 is 12.9. The van der Waals surface area contributed by atoms with Gasteiger partial charge < -0.3 is 0 Å². The first-order chi connectivity index (χ1) is 9.42. The van der Waals surface area contributed by atoms with E-state index in [4.69, 9.17) is 0 Å². The van der Waals surface area contributed by atoms with Gasteiger partial charge in [-0.3, -0.25) is 4.79 Å². The van der Waals surface area contributed by atoms with Crippen LogP contribution in [0.15, 0.2) is 47.1 Å². The second kappa shape index (κ2) is 5.74. The monoisotopic (exact) mass is 272 g/mol. The lowest BCUT2D eigenvalue weighted by Crippen LogP contribution is -2.06. The molecule has 2 heteroatoms. The molecule has 0 aromatic heterocycles. The van der Waals surface area contributed by atoms with Gasteiger partial charge in [0, 0.05) is 6.42 Å². The highest BCUT2D eigenvalue weighted by atomic mass is 19.1. The fraction of sp³-hybridized carbons (Fsp3) is 0.389. The van der Waals surface area contributed by atoms with Gasteiger partial charge in [-0.1, -0.05) is 37.6 Å². The third-order valence-electron chi connectivity index (χ3n) is 4.35. The third-order valence-corrected chi connectivity index (χ3v) is 4.35. The minimum absolute atomic E-state index is 0.232. The Balaban J connectivity index is 2.21. The molecule has 0 bridgehead atoms. The van der Waals surface area contributed by atoms with Crippen molar-refractivity contribution < 1.29 is 9.18 Å². The van der Waals surface area contributed by atoms with Gasteiger partial charge in [-0.05, 0) is 54.0 Å². The van der Waals surface area contributed by atoms with Gasteiger partial charge in [0.2, 0.25) is 0 Å². The minimum Gasteiger partial charge on any atom is -0.298 e. The zero-order chi connectivity index (χ0) is 14.8. The molecule has 0 radical (unpaired) electrons. The van der Waals surface area contributed by atoms with Crippen molar-refractivity contribution in [3.63, 3.8) is 0 Å². The number of hydrogen-bond acceptors (Lipinski definition) is 1. The van der Waals surface area contributed by atoms with Gasteiger partial charge in [0.15, 0.2) is 0 Å². The van der Waals surface area contributed by atoms with Gasteiger partial charge in [0.05, 0.1) is 0 Å². The number of benzene rings is 1. The Morgan fingerprint density at radius 3 is 2.45 bits per heavy atom. The molecule has 0 saturated carbocycles. The van der Waals surface area contributed by atoms with E-state index in [2.05, 4.69) is 20.8 Å². The molecular formula is C18H21FO. The number of rotatable bonds is 4. The Kier molecular flexibility index (Phi) is 4.22. The van der Waals surface area contributed by atoms with E-state index < -0.39 is 0 Å². The summed E-state index contributed by atoms with van der Waals surface area (Å²) in [5.74, 6) is -0.249. The normalized spacial score (nSPS) is 18.5. The van der Waals surface area contributed by atoms with Crippen molar-refractivity contribution in [2.45, 2.75) is 40.0 Å². The Hall–Kier alpha value is -1.70. The zero-order valence-electron chi connectivity index (χ0n) is 12.4. The summed E-state index contributed by atoms with van der Waals surface area (Å²) >= 11 is 0. The largest absolute Gasteiger partial charge is 0.298 e. The van der Waals surface area contributed by atoms with E-state index >= 15 is 0 Å². The van der Waals surface area contributed by atoms with Crippen LogP contribution in [-0.2, 0) is 11.2 Å². The van der Waals surface area contributed by atoms with Gasteiger partial charge in [0.25, 0.3) is 0 Å². The van der Waals surface area contributed by atoms with Crippen LogP contribution in [0, 0.1) is 11.2 Å². The molecule has 0 atom stereocenters. The minimum atomic E-state index is -0.249. The van der Waals surface area contributed by atoms with E-state index in [1.54, 1.807) is 12.1 Å². The van der Waals surface area contributed by atoms with Crippen LogP contribution in [0.1, 0.15) is 39.2 Å². The van der Waals surface area contributed by atoms with Crippen LogP contribution in [0.3, 0.4) is 0 Å². The van der Waals surface area contributed by atoms with Gasteiger partial charge in [-0.15, -0.1) is 0 Å². The second-order valence-electron chi connectivity index (χ2n) is 6.17. The molecule has 106 valence electrons. The fourth-order valence-corrected chi connectivity index (χ4v) is 2.63. The lowest BCUT2D eigenvalue weighted by molar-refractivity contribution is -0.105. The van der Waals surface area contributed by atoms with Crippen LogP contribution in [0.4, 0.5) is 4.39 Å². The van der Waals surface area contributed by atoms with Crippen LogP contribution < -0.4 is 0 Å². The topological polar surface area (TPSA) is 17.1 Å². The van der Waals surface area contributed by atoms with Crippen molar-refractivity contribution in [2.24, 2.45) is 5.41 Å². The molecule has 0 aliphatic heterocycles. The molecule has 1 nitrogen and oxygen atoms in total. The van der Waals surface area contributed by atoms with E-state index in [0.717, 1.165) is 30.3 Å². The molecule has 0 amide bonds. The Labute approximate surface area is 120 Å². The standard InChI is InChI=1S/C18H21FO/c1-13-16(8-9-18(13,2)3)11-15(12-20)10-14-4-6-17(19)7-5-14/h4-7,11-12H,8-10H2,1-3H3/b15-11-. The maximum absolute atomic E-state index is 12.9. The summed E-state index contributed by atoms with van der Waals surface area (Å²) in [6, 6.07) is 6.32. The highest BCUT2D eigenvalue weighted by Crippen LogP contribution is 2.42. The van der Waals surface area contributed by atoms with Crippen LogP contribution in [-0.4, -0.2) is 6.29 Å². The molecular weight excluding hydrogens is 251 g/mol. The number of hydrogen-bond donors (Lipinski definition) is 0. The maximum Gasteiger partial charge on any atom is 0.146 e. The Morgan fingerprint density at radius 1 is 1.30 bits per heavy atom. The maximum atomic E-state index is 12.9. The summed E-state index contributed by atoms with van der Waals surface area (Å²) in [5, 5.41) is 0. The first kappa shape index (κ1) is 14.7. The van der Waals surface area contributed by atoms with Crippen LogP contribution in [0.5, 0.6) is 0 Å². The molecule has 0 heterocycles. The molecule has 0 N–H and O–H groups in total. The van der Waals surface area contributed by atoms with Crippen LogP contribution >= 0.6 is 0 Å². The summed E-state index contributed by atoms with van der Waals surface area (Å²) in [7, 11) is 0. The van der Waals surface area contributed by atoms with Crippen molar-refractivity contribution in [1.29, 1.82) is 0 Å². The molecule has 0 unspecified atom stereocenters. The van der Waals surface area contributed by atoms with Gasteiger partial charge >= 0.3 is 0 Å². The lowest BCUT2D eigenvalue weighted by Gasteiger charge is -2.19. The van der Waals surface area contributed by atoms with E-state index in [1.165, 1.54) is 23.3 Å². The molecule has 2 rings (SSSR count). The molecule has 0 fully saturated rings. The van der Waals surface area contributed by atoms with E-state index in [-0.39, 0.29) is 11.2 Å². The van der Waals surface area contributed by atoms with Crippen LogP contribution in [0.25, 0.3) is 0 Å². The smallest absolute Gasteiger partial charge is 0.146 e.